The fourth-order valence-electron chi connectivity index (χ4n) is 2.55. The van der Waals surface area contributed by atoms with E-state index in [9.17, 15) is 8.42 Å². The zero-order chi connectivity index (χ0) is 13.4. The molecule has 5 heteroatoms. The summed E-state index contributed by atoms with van der Waals surface area (Å²) in [5, 5.41) is 3.17. The predicted octanol–water partition coefficient (Wildman–Crippen LogP) is 1.97. The molecule has 0 aromatic rings. The van der Waals surface area contributed by atoms with E-state index >= 15 is 0 Å². The summed E-state index contributed by atoms with van der Waals surface area (Å²) in [6, 6.07) is 0.233. The third kappa shape index (κ3) is 5.24. The summed E-state index contributed by atoms with van der Waals surface area (Å²) in [6.45, 7) is 3.72. The molecular formula is C13H28N2O2S. The number of nitrogens with one attached hydrogen (secondary N) is 1. The SMILES string of the molecule is CCNCCCS(=O)(=O)N(C)C1CCCCCC1. The molecule has 0 bridgehead atoms. The standard InChI is InChI=1S/C13H28N2O2S/c1-3-14-11-8-12-18(16,17)15(2)13-9-6-4-5-7-10-13/h13-14H,3-12H2,1-2H3. The van der Waals surface area contributed by atoms with Crippen LogP contribution in [0.25, 0.3) is 0 Å². The molecule has 0 aromatic heterocycles. The van der Waals surface area contributed by atoms with Gasteiger partial charge in [-0.25, -0.2) is 12.7 Å². The van der Waals surface area contributed by atoms with E-state index in [4.69, 9.17) is 0 Å². The molecular weight excluding hydrogens is 248 g/mol. The zero-order valence-electron chi connectivity index (χ0n) is 11.8. The molecule has 1 rings (SSSR count). The molecule has 0 spiro atoms. The Balaban J connectivity index is 2.43. The molecule has 0 amide bonds. The summed E-state index contributed by atoms with van der Waals surface area (Å²) in [4.78, 5) is 0. The van der Waals surface area contributed by atoms with Crippen LogP contribution in [0.1, 0.15) is 51.9 Å². The minimum absolute atomic E-state index is 0.233. The molecule has 18 heavy (non-hydrogen) atoms. The van der Waals surface area contributed by atoms with Gasteiger partial charge < -0.3 is 5.32 Å². The van der Waals surface area contributed by atoms with Crippen LogP contribution in [0.2, 0.25) is 0 Å². The van der Waals surface area contributed by atoms with Crippen molar-refractivity contribution in [2.45, 2.75) is 57.9 Å². The van der Waals surface area contributed by atoms with Crippen LogP contribution in [0.15, 0.2) is 0 Å². The Kier molecular flexibility index (Phi) is 7.19. The molecule has 4 nitrogen and oxygen atoms in total. The topological polar surface area (TPSA) is 49.4 Å². The average Bonchev–Trinajstić information content (AvgIpc) is 2.62. The van der Waals surface area contributed by atoms with Gasteiger partial charge in [0.1, 0.15) is 0 Å². The highest BCUT2D eigenvalue weighted by Gasteiger charge is 2.26. The van der Waals surface area contributed by atoms with E-state index < -0.39 is 10.0 Å². The van der Waals surface area contributed by atoms with E-state index in [1.165, 1.54) is 25.7 Å². The molecule has 1 aliphatic carbocycles. The Morgan fingerprint density at radius 1 is 1.17 bits per heavy atom. The summed E-state index contributed by atoms with van der Waals surface area (Å²) in [6.07, 6.45) is 7.61. The van der Waals surface area contributed by atoms with Crippen molar-refractivity contribution in [3.8, 4) is 0 Å². The van der Waals surface area contributed by atoms with Crippen LogP contribution in [0.3, 0.4) is 0 Å². The van der Waals surface area contributed by atoms with Gasteiger partial charge in [-0.1, -0.05) is 32.6 Å². The van der Waals surface area contributed by atoms with Gasteiger partial charge in [0.25, 0.3) is 0 Å². The third-order valence-electron chi connectivity index (χ3n) is 3.78. The fourth-order valence-corrected chi connectivity index (χ4v) is 4.01. The van der Waals surface area contributed by atoms with Crippen molar-refractivity contribution in [1.82, 2.24) is 9.62 Å². The highest BCUT2D eigenvalue weighted by atomic mass is 32.2. The number of nitrogens with zero attached hydrogens (tertiary/aromatic N) is 1. The van der Waals surface area contributed by atoms with E-state index in [1.807, 2.05) is 6.92 Å². The average molecular weight is 276 g/mol. The summed E-state index contributed by atoms with van der Waals surface area (Å²) in [7, 11) is -1.30. The Morgan fingerprint density at radius 3 is 2.33 bits per heavy atom. The first-order chi connectivity index (χ1) is 8.58. The second-order valence-corrected chi connectivity index (χ2v) is 7.33. The van der Waals surface area contributed by atoms with Gasteiger partial charge in [-0.3, -0.25) is 0 Å². The molecule has 1 saturated carbocycles. The van der Waals surface area contributed by atoms with Crippen molar-refractivity contribution in [3.63, 3.8) is 0 Å². The first-order valence-corrected chi connectivity index (χ1v) is 8.85. The first-order valence-electron chi connectivity index (χ1n) is 7.24. The van der Waals surface area contributed by atoms with Gasteiger partial charge in [0.2, 0.25) is 10.0 Å². The highest BCUT2D eigenvalue weighted by molar-refractivity contribution is 7.89. The van der Waals surface area contributed by atoms with E-state index in [-0.39, 0.29) is 11.8 Å². The molecule has 0 radical (unpaired) electrons. The zero-order valence-corrected chi connectivity index (χ0v) is 12.6. The van der Waals surface area contributed by atoms with Crippen LogP contribution in [0, 0.1) is 0 Å². The molecule has 1 N–H and O–H groups in total. The van der Waals surface area contributed by atoms with Gasteiger partial charge in [0.15, 0.2) is 0 Å². The molecule has 0 saturated heterocycles. The largest absolute Gasteiger partial charge is 0.317 e. The van der Waals surface area contributed by atoms with Crippen molar-refractivity contribution >= 4 is 10.0 Å². The van der Waals surface area contributed by atoms with Crippen LogP contribution < -0.4 is 5.32 Å². The first kappa shape index (κ1) is 15.9. The van der Waals surface area contributed by atoms with E-state index in [1.54, 1.807) is 11.4 Å². The van der Waals surface area contributed by atoms with E-state index in [0.717, 1.165) is 25.9 Å². The Morgan fingerprint density at radius 2 is 1.78 bits per heavy atom. The number of sulfonamides is 1. The minimum atomic E-state index is -3.06. The maximum Gasteiger partial charge on any atom is 0.214 e. The van der Waals surface area contributed by atoms with Crippen molar-refractivity contribution in [2.24, 2.45) is 0 Å². The van der Waals surface area contributed by atoms with Crippen LogP contribution >= 0.6 is 0 Å². The monoisotopic (exact) mass is 276 g/mol. The number of rotatable bonds is 7. The minimum Gasteiger partial charge on any atom is -0.317 e. The maximum atomic E-state index is 12.2. The third-order valence-corrected chi connectivity index (χ3v) is 5.76. The molecule has 0 heterocycles. The smallest absolute Gasteiger partial charge is 0.214 e. The molecule has 0 unspecified atom stereocenters. The summed E-state index contributed by atoms with van der Waals surface area (Å²) in [5.41, 5.74) is 0. The van der Waals surface area contributed by atoms with E-state index in [2.05, 4.69) is 5.32 Å². The predicted molar refractivity (Wildman–Crippen MR) is 76.2 cm³/mol. The van der Waals surface area contributed by atoms with E-state index in [0.29, 0.717) is 6.42 Å². The van der Waals surface area contributed by atoms with Gasteiger partial charge in [0, 0.05) is 13.1 Å². The van der Waals surface area contributed by atoms with Gasteiger partial charge in [-0.05, 0) is 32.4 Å². The molecule has 0 aliphatic heterocycles. The Bertz CT molecular complexity index is 309. The number of hydrogen-bond acceptors (Lipinski definition) is 3. The molecule has 0 atom stereocenters. The van der Waals surface area contributed by atoms with Crippen LogP contribution in [0.5, 0.6) is 0 Å². The Hall–Kier alpha value is -0.130. The molecule has 1 fully saturated rings. The summed E-state index contributed by atoms with van der Waals surface area (Å²) < 4.78 is 26.0. The lowest BCUT2D eigenvalue weighted by Crippen LogP contribution is -2.38. The van der Waals surface area contributed by atoms with Gasteiger partial charge in [-0.2, -0.15) is 0 Å². The highest BCUT2D eigenvalue weighted by Crippen LogP contribution is 2.23. The quantitative estimate of drug-likeness (QED) is 0.571. The van der Waals surface area contributed by atoms with Crippen molar-refractivity contribution in [2.75, 3.05) is 25.9 Å². The molecule has 108 valence electrons. The van der Waals surface area contributed by atoms with Crippen molar-refractivity contribution in [3.05, 3.63) is 0 Å². The molecule has 1 aliphatic rings. The summed E-state index contributed by atoms with van der Waals surface area (Å²) in [5.74, 6) is 0.271. The lowest BCUT2D eigenvalue weighted by atomic mass is 10.1. The number of hydrogen-bond donors (Lipinski definition) is 1. The van der Waals surface area contributed by atoms with Crippen LogP contribution in [-0.4, -0.2) is 44.7 Å². The summed E-state index contributed by atoms with van der Waals surface area (Å²) >= 11 is 0. The lowest BCUT2D eigenvalue weighted by Gasteiger charge is -2.26. The fraction of sp³-hybridized carbons (Fsp3) is 1.00. The lowest BCUT2D eigenvalue weighted by molar-refractivity contribution is 0.335. The van der Waals surface area contributed by atoms with Gasteiger partial charge in [0.05, 0.1) is 5.75 Å². The second-order valence-electron chi connectivity index (χ2n) is 5.18. The van der Waals surface area contributed by atoms with Crippen molar-refractivity contribution in [1.29, 1.82) is 0 Å². The van der Waals surface area contributed by atoms with Crippen LogP contribution in [0.4, 0.5) is 0 Å². The van der Waals surface area contributed by atoms with Crippen LogP contribution in [-0.2, 0) is 10.0 Å². The second kappa shape index (κ2) is 8.12. The normalized spacial score (nSPS) is 19.1. The maximum absolute atomic E-state index is 12.2. The van der Waals surface area contributed by atoms with Crippen molar-refractivity contribution < 1.29 is 8.42 Å². The molecule has 0 aromatic carbocycles. The van der Waals surface area contributed by atoms with Gasteiger partial charge >= 0.3 is 0 Å². The Labute approximate surface area is 112 Å². The van der Waals surface area contributed by atoms with Gasteiger partial charge in [-0.15, -0.1) is 0 Å².